The fourth-order valence-corrected chi connectivity index (χ4v) is 3.15. The first kappa shape index (κ1) is 19.2. The predicted molar refractivity (Wildman–Crippen MR) is 106 cm³/mol. The number of rotatable bonds is 6. The molecular formula is C21H23N5O2. The molecule has 3 rings (SSSR count). The summed E-state index contributed by atoms with van der Waals surface area (Å²) in [5.74, 6) is 1.15. The van der Waals surface area contributed by atoms with Gasteiger partial charge in [-0.15, -0.1) is 0 Å². The molecule has 0 unspecified atom stereocenters. The number of amides is 1. The van der Waals surface area contributed by atoms with Gasteiger partial charge in [-0.05, 0) is 57.5 Å². The summed E-state index contributed by atoms with van der Waals surface area (Å²) in [6, 6.07) is 9.64. The summed E-state index contributed by atoms with van der Waals surface area (Å²) in [5, 5.41) is 16.6. The molecule has 0 aromatic carbocycles. The van der Waals surface area contributed by atoms with Crippen LogP contribution in [0.25, 0.3) is 11.9 Å². The molecule has 0 bridgehead atoms. The van der Waals surface area contributed by atoms with Crippen LogP contribution in [-0.2, 0) is 11.3 Å². The average molecular weight is 377 g/mol. The number of carbonyl (C=O) groups is 1. The summed E-state index contributed by atoms with van der Waals surface area (Å²) >= 11 is 0. The minimum absolute atomic E-state index is 0.0455. The Balaban J connectivity index is 1.89. The molecule has 0 saturated heterocycles. The van der Waals surface area contributed by atoms with Crippen molar-refractivity contribution in [1.82, 2.24) is 19.7 Å². The third-order valence-electron chi connectivity index (χ3n) is 4.51. The van der Waals surface area contributed by atoms with Crippen molar-refractivity contribution < 1.29 is 9.21 Å². The molecule has 3 heterocycles. The van der Waals surface area contributed by atoms with E-state index in [4.69, 9.17) is 4.42 Å². The van der Waals surface area contributed by atoms with Gasteiger partial charge in [0.1, 0.15) is 23.2 Å². The topological polar surface area (TPSA) is 88.8 Å². The van der Waals surface area contributed by atoms with E-state index < -0.39 is 5.91 Å². The van der Waals surface area contributed by atoms with Gasteiger partial charge in [-0.3, -0.25) is 4.79 Å². The lowest BCUT2D eigenvalue weighted by atomic mass is 10.1. The third-order valence-corrected chi connectivity index (χ3v) is 4.51. The fourth-order valence-electron chi connectivity index (χ4n) is 3.15. The van der Waals surface area contributed by atoms with Crippen molar-refractivity contribution in [2.24, 2.45) is 0 Å². The summed E-state index contributed by atoms with van der Waals surface area (Å²) in [4.78, 5) is 12.4. The molecular weight excluding hydrogens is 354 g/mol. The minimum Gasteiger partial charge on any atom is -0.467 e. The van der Waals surface area contributed by atoms with E-state index in [0.717, 1.165) is 22.8 Å². The van der Waals surface area contributed by atoms with E-state index in [1.165, 1.54) is 0 Å². The summed E-state index contributed by atoms with van der Waals surface area (Å²) in [6.45, 7) is 8.33. The smallest absolute Gasteiger partial charge is 0.262 e. The quantitative estimate of drug-likeness (QED) is 0.524. The van der Waals surface area contributed by atoms with Crippen LogP contribution in [0.5, 0.6) is 0 Å². The Labute approximate surface area is 163 Å². The van der Waals surface area contributed by atoms with Crippen molar-refractivity contribution in [2.75, 3.05) is 0 Å². The standard InChI is InChI=1S/C21H23N5O2/c1-14(2)26-20(7-8-24-26)25-15(3)10-17(16(25)4)11-18(12-22)21(27)23-13-19-6-5-9-28-19/h5-11,14H,13H2,1-4H3,(H,23,27)/b18-11+. The molecule has 0 radical (unpaired) electrons. The number of furan rings is 1. The average Bonchev–Trinajstić information content (AvgIpc) is 3.38. The van der Waals surface area contributed by atoms with Gasteiger partial charge in [0.25, 0.3) is 5.91 Å². The minimum atomic E-state index is -0.434. The first-order valence-corrected chi connectivity index (χ1v) is 9.07. The van der Waals surface area contributed by atoms with Crippen molar-refractivity contribution in [1.29, 1.82) is 5.26 Å². The third kappa shape index (κ3) is 3.76. The second kappa shape index (κ2) is 8.01. The first-order valence-electron chi connectivity index (χ1n) is 9.07. The molecule has 7 heteroatoms. The molecule has 0 spiro atoms. The Hall–Kier alpha value is -3.53. The monoisotopic (exact) mass is 377 g/mol. The molecule has 3 aromatic rings. The first-order chi connectivity index (χ1) is 13.4. The highest BCUT2D eigenvalue weighted by molar-refractivity contribution is 6.01. The Morgan fingerprint density at radius 1 is 1.39 bits per heavy atom. The molecule has 0 atom stereocenters. The Morgan fingerprint density at radius 2 is 2.18 bits per heavy atom. The lowest BCUT2D eigenvalue weighted by Gasteiger charge is -2.15. The van der Waals surface area contributed by atoms with E-state index >= 15 is 0 Å². The van der Waals surface area contributed by atoms with Crippen LogP contribution in [0.1, 0.15) is 42.6 Å². The summed E-state index contributed by atoms with van der Waals surface area (Å²) in [5.41, 5.74) is 2.80. The fraction of sp³-hybridized carbons (Fsp3) is 0.286. The van der Waals surface area contributed by atoms with E-state index in [2.05, 4.69) is 28.8 Å². The zero-order chi connectivity index (χ0) is 20.3. The van der Waals surface area contributed by atoms with Crippen LogP contribution in [0, 0.1) is 25.2 Å². The van der Waals surface area contributed by atoms with Crippen LogP contribution in [0.4, 0.5) is 0 Å². The SMILES string of the molecule is Cc1cc(/C=C(\C#N)C(=O)NCc2ccco2)c(C)n1-c1ccnn1C(C)C. The zero-order valence-corrected chi connectivity index (χ0v) is 16.4. The largest absolute Gasteiger partial charge is 0.467 e. The Kier molecular flexibility index (Phi) is 5.50. The number of hydrogen-bond donors (Lipinski definition) is 1. The van der Waals surface area contributed by atoms with Gasteiger partial charge in [0.05, 0.1) is 19.0 Å². The number of aromatic nitrogens is 3. The van der Waals surface area contributed by atoms with Gasteiger partial charge < -0.3 is 14.3 Å². The van der Waals surface area contributed by atoms with E-state index in [1.54, 1.807) is 30.7 Å². The van der Waals surface area contributed by atoms with Gasteiger partial charge in [-0.1, -0.05) is 0 Å². The van der Waals surface area contributed by atoms with Crippen LogP contribution in [-0.4, -0.2) is 20.3 Å². The summed E-state index contributed by atoms with van der Waals surface area (Å²) in [7, 11) is 0. The van der Waals surface area contributed by atoms with Gasteiger partial charge >= 0.3 is 0 Å². The molecule has 0 aliphatic heterocycles. The van der Waals surface area contributed by atoms with Crippen molar-refractivity contribution in [3.8, 4) is 11.9 Å². The van der Waals surface area contributed by atoms with Crippen LogP contribution >= 0.6 is 0 Å². The number of carbonyl (C=O) groups excluding carboxylic acids is 1. The molecule has 0 aliphatic rings. The molecule has 144 valence electrons. The van der Waals surface area contributed by atoms with Crippen molar-refractivity contribution in [2.45, 2.75) is 40.3 Å². The zero-order valence-electron chi connectivity index (χ0n) is 16.4. The highest BCUT2D eigenvalue weighted by Gasteiger charge is 2.16. The van der Waals surface area contributed by atoms with Gasteiger partial charge in [-0.2, -0.15) is 10.4 Å². The Morgan fingerprint density at radius 3 is 2.82 bits per heavy atom. The normalized spacial score (nSPS) is 11.6. The number of hydrogen-bond acceptors (Lipinski definition) is 4. The lowest BCUT2D eigenvalue weighted by molar-refractivity contribution is -0.117. The van der Waals surface area contributed by atoms with Crippen LogP contribution in [0.3, 0.4) is 0 Å². The Bertz CT molecular complexity index is 1050. The maximum atomic E-state index is 12.4. The molecule has 1 amide bonds. The molecule has 7 nitrogen and oxygen atoms in total. The van der Waals surface area contributed by atoms with Crippen molar-refractivity contribution >= 4 is 12.0 Å². The lowest BCUT2D eigenvalue weighted by Crippen LogP contribution is -2.23. The van der Waals surface area contributed by atoms with E-state index in [0.29, 0.717) is 5.76 Å². The molecule has 28 heavy (non-hydrogen) atoms. The molecule has 1 N–H and O–H groups in total. The maximum absolute atomic E-state index is 12.4. The van der Waals surface area contributed by atoms with Gasteiger partial charge in [-0.25, -0.2) is 4.68 Å². The van der Waals surface area contributed by atoms with Crippen molar-refractivity contribution in [3.05, 3.63) is 65.0 Å². The molecule has 0 fully saturated rings. The van der Waals surface area contributed by atoms with Crippen LogP contribution in [0.15, 0.2) is 46.7 Å². The number of aryl methyl sites for hydroxylation is 1. The van der Waals surface area contributed by atoms with Crippen molar-refractivity contribution in [3.63, 3.8) is 0 Å². The second-order valence-corrected chi connectivity index (χ2v) is 6.82. The molecule has 3 aromatic heterocycles. The van der Waals surface area contributed by atoms with E-state index in [1.807, 2.05) is 36.7 Å². The van der Waals surface area contributed by atoms with E-state index in [9.17, 15) is 10.1 Å². The summed E-state index contributed by atoms with van der Waals surface area (Å²) in [6.07, 6.45) is 4.93. The van der Waals surface area contributed by atoms with Crippen LogP contribution in [0.2, 0.25) is 0 Å². The van der Waals surface area contributed by atoms with Gasteiger partial charge in [0.2, 0.25) is 0 Å². The van der Waals surface area contributed by atoms with Crippen LogP contribution < -0.4 is 5.32 Å². The van der Waals surface area contributed by atoms with Gasteiger partial charge in [0, 0.05) is 23.5 Å². The second-order valence-electron chi connectivity index (χ2n) is 6.82. The van der Waals surface area contributed by atoms with E-state index in [-0.39, 0.29) is 18.2 Å². The number of nitrogens with zero attached hydrogens (tertiary/aromatic N) is 4. The molecule has 0 aliphatic carbocycles. The predicted octanol–water partition coefficient (Wildman–Crippen LogP) is 3.69. The number of nitriles is 1. The highest BCUT2D eigenvalue weighted by Crippen LogP contribution is 2.24. The number of nitrogens with one attached hydrogen (secondary N) is 1. The van der Waals surface area contributed by atoms with Gasteiger partial charge in [0.15, 0.2) is 0 Å². The maximum Gasteiger partial charge on any atom is 0.262 e. The summed E-state index contributed by atoms with van der Waals surface area (Å²) < 4.78 is 9.21. The highest BCUT2D eigenvalue weighted by atomic mass is 16.3. The molecule has 0 saturated carbocycles.